The lowest BCUT2D eigenvalue weighted by atomic mass is 9.96. The van der Waals surface area contributed by atoms with E-state index in [0.29, 0.717) is 37.5 Å². The van der Waals surface area contributed by atoms with Gasteiger partial charge in [0.05, 0.1) is 4.90 Å². The van der Waals surface area contributed by atoms with Gasteiger partial charge in [-0.3, -0.25) is 14.5 Å². The molecule has 0 bridgehead atoms. The molecule has 0 aliphatic carbocycles. The number of hydrogen-bond donors (Lipinski definition) is 2. The normalized spacial score (nSPS) is 20.9. The third kappa shape index (κ3) is 4.85. The lowest BCUT2D eigenvalue weighted by molar-refractivity contribution is -0.134. The average Bonchev–Trinajstić information content (AvgIpc) is 2.95. The molecule has 3 rings (SSSR count). The number of sulfonamides is 1. The first-order valence-corrected chi connectivity index (χ1v) is 11.1. The van der Waals surface area contributed by atoms with Crippen LogP contribution >= 0.6 is 12.4 Å². The highest BCUT2D eigenvalue weighted by Gasteiger charge is 2.33. The van der Waals surface area contributed by atoms with Crippen LogP contribution in [-0.4, -0.2) is 50.7 Å². The van der Waals surface area contributed by atoms with Gasteiger partial charge in [-0.05, 0) is 43.9 Å². The van der Waals surface area contributed by atoms with E-state index < -0.39 is 16.1 Å². The van der Waals surface area contributed by atoms with E-state index in [0.717, 1.165) is 25.7 Å². The smallest absolute Gasteiger partial charge is 0.263 e. The van der Waals surface area contributed by atoms with Crippen molar-refractivity contribution in [1.29, 1.82) is 0 Å². The lowest BCUT2D eigenvalue weighted by Crippen LogP contribution is -2.45. The summed E-state index contributed by atoms with van der Waals surface area (Å²) in [5.74, 6) is 0.731. The molecule has 156 valence electrons. The molecule has 2 heterocycles. The maximum atomic E-state index is 13.1. The molecule has 1 fully saturated rings. The summed E-state index contributed by atoms with van der Waals surface area (Å²) in [5, 5.41) is 0. The first-order valence-electron chi connectivity index (χ1n) is 9.65. The predicted molar refractivity (Wildman–Crippen MR) is 112 cm³/mol. The van der Waals surface area contributed by atoms with E-state index in [1.807, 2.05) is 4.90 Å². The number of nitrogens with zero attached hydrogens (tertiary/aromatic N) is 2. The number of nitrogens with one attached hydrogen (secondary N) is 1. The monoisotopic (exact) mass is 428 g/mol. The third-order valence-corrected chi connectivity index (χ3v) is 6.72. The van der Waals surface area contributed by atoms with E-state index in [9.17, 15) is 13.2 Å². The van der Waals surface area contributed by atoms with Crippen molar-refractivity contribution in [2.45, 2.75) is 50.0 Å². The number of carbonyl (C=O) groups excluding carboxylic acids is 1. The van der Waals surface area contributed by atoms with Gasteiger partial charge in [0, 0.05) is 18.7 Å². The fraction of sp³-hybridized carbons (Fsp3) is 0.579. The summed E-state index contributed by atoms with van der Waals surface area (Å²) in [6.45, 7) is 4.10. The number of amides is 1. The summed E-state index contributed by atoms with van der Waals surface area (Å²) in [5.41, 5.74) is 6.28. The van der Waals surface area contributed by atoms with Gasteiger partial charge in [0.2, 0.25) is 5.91 Å². The van der Waals surface area contributed by atoms with Crippen LogP contribution in [0.15, 0.2) is 34.2 Å². The topological polar surface area (TPSA) is 105 Å². The molecule has 2 aliphatic rings. The summed E-state index contributed by atoms with van der Waals surface area (Å²) >= 11 is 0. The van der Waals surface area contributed by atoms with Gasteiger partial charge in [-0.2, -0.15) is 0 Å². The number of hydrogen-bond acceptors (Lipinski definition) is 5. The van der Waals surface area contributed by atoms with Gasteiger partial charge < -0.3 is 10.6 Å². The van der Waals surface area contributed by atoms with E-state index >= 15 is 0 Å². The number of halogens is 1. The fourth-order valence-electron chi connectivity index (χ4n) is 3.63. The SMILES string of the molecule is CCCCC(N=C1NS(=O)(=O)c2ccccc21)C(=O)N1CCC(CN)CC1.Cl. The molecule has 0 spiro atoms. The van der Waals surface area contributed by atoms with Gasteiger partial charge in [0.25, 0.3) is 10.0 Å². The summed E-state index contributed by atoms with van der Waals surface area (Å²) in [4.78, 5) is 19.7. The zero-order valence-corrected chi connectivity index (χ0v) is 17.8. The summed E-state index contributed by atoms with van der Waals surface area (Å²) in [6, 6.07) is 6.17. The molecule has 3 N–H and O–H groups in total. The largest absolute Gasteiger partial charge is 0.341 e. The Morgan fingerprint density at radius 1 is 1.32 bits per heavy atom. The van der Waals surface area contributed by atoms with Crippen molar-refractivity contribution in [3.05, 3.63) is 29.8 Å². The number of fused-ring (bicyclic) bond motifs is 1. The Bertz CT molecular complexity index is 820. The van der Waals surface area contributed by atoms with E-state index in [1.165, 1.54) is 0 Å². The van der Waals surface area contributed by atoms with Gasteiger partial charge in [-0.15, -0.1) is 12.4 Å². The minimum absolute atomic E-state index is 0. The molecular formula is C19H29ClN4O3S. The number of rotatable bonds is 6. The minimum Gasteiger partial charge on any atom is -0.341 e. The van der Waals surface area contributed by atoms with Gasteiger partial charge in [-0.25, -0.2) is 8.42 Å². The predicted octanol–water partition coefficient (Wildman–Crippen LogP) is 1.90. The quantitative estimate of drug-likeness (QED) is 0.721. The van der Waals surface area contributed by atoms with Crippen molar-refractivity contribution in [2.75, 3.05) is 19.6 Å². The first-order chi connectivity index (χ1) is 13.0. The number of nitrogens with two attached hydrogens (primary N) is 1. The van der Waals surface area contributed by atoms with Crippen molar-refractivity contribution >= 4 is 34.2 Å². The third-order valence-electron chi connectivity index (χ3n) is 5.32. The van der Waals surface area contributed by atoms with E-state index in [1.54, 1.807) is 24.3 Å². The highest BCUT2D eigenvalue weighted by atomic mass is 35.5. The zero-order valence-electron chi connectivity index (χ0n) is 16.1. The maximum absolute atomic E-state index is 13.1. The molecule has 1 atom stereocenters. The minimum atomic E-state index is -3.60. The van der Waals surface area contributed by atoms with Crippen LogP contribution < -0.4 is 10.5 Å². The number of aliphatic imine (C=N–C) groups is 1. The Kier molecular flexibility index (Phi) is 7.86. The van der Waals surface area contributed by atoms with Crippen LogP contribution in [-0.2, 0) is 14.8 Å². The second-order valence-corrected chi connectivity index (χ2v) is 8.89. The van der Waals surface area contributed by atoms with Crippen LogP contribution in [0, 0.1) is 5.92 Å². The van der Waals surface area contributed by atoms with Crippen LogP contribution in [0.3, 0.4) is 0 Å². The summed E-state index contributed by atoms with van der Waals surface area (Å²) < 4.78 is 27.1. The Labute approximate surface area is 173 Å². The van der Waals surface area contributed by atoms with Crippen LogP contribution in [0.4, 0.5) is 0 Å². The second-order valence-electron chi connectivity index (χ2n) is 7.24. The van der Waals surface area contributed by atoms with Crippen molar-refractivity contribution in [3.8, 4) is 0 Å². The number of unbranched alkanes of at least 4 members (excludes halogenated alkanes) is 1. The number of piperidine rings is 1. The summed E-state index contributed by atoms with van der Waals surface area (Å²) in [7, 11) is -3.60. The Morgan fingerprint density at radius 3 is 2.64 bits per heavy atom. The molecule has 0 radical (unpaired) electrons. The van der Waals surface area contributed by atoms with E-state index in [2.05, 4.69) is 16.6 Å². The van der Waals surface area contributed by atoms with Crippen molar-refractivity contribution in [1.82, 2.24) is 9.62 Å². The van der Waals surface area contributed by atoms with Gasteiger partial charge in [0.1, 0.15) is 11.9 Å². The number of likely N-dealkylation sites (tertiary alicyclic amines) is 1. The Hall–Kier alpha value is -1.64. The van der Waals surface area contributed by atoms with Crippen molar-refractivity contribution in [2.24, 2.45) is 16.6 Å². The molecule has 1 aromatic carbocycles. The van der Waals surface area contributed by atoms with Crippen LogP contribution in [0.1, 0.15) is 44.6 Å². The highest BCUT2D eigenvalue weighted by Crippen LogP contribution is 2.24. The molecule has 0 aromatic heterocycles. The summed E-state index contributed by atoms with van der Waals surface area (Å²) in [6.07, 6.45) is 4.25. The highest BCUT2D eigenvalue weighted by molar-refractivity contribution is 7.90. The van der Waals surface area contributed by atoms with E-state index in [4.69, 9.17) is 5.73 Å². The van der Waals surface area contributed by atoms with Crippen molar-refractivity contribution in [3.63, 3.8) is 0 Å². The van der Waals surface area contributed by atoms with Crippen LogP contribution in [0.5, 0.6) is 0 Å². The molecule has 1 unspecified atom stereocenters. The zero-order chi connectivity index (χ0) is 19.4. The van der Waals surface area contributed by atoms with Gasteiger partial charge >= 0.3 is 0 Å². The van der Waals surface area contributed by atoms with Gasteiger partial charge in [-0.1, -0.05) is 31.9 Å². The fourth-order valence-corrected chi connectivity index (χ4v) is 4.87. The molecule has 1 aromatic rings. The Morgan fingerprint density at radius 2 is 2.00 bits per heavy atom. The molecule has 1 saturated heterocycles. The maximum Gasteiger partial charge on any atom is 0.263 e. The van der Waals surface area contributed by atoms with E-state index in [-0.39, 0.29) is 29.0 Å². The molecule has 1 amide bonds. The number of carbonyl (C=O) groups is 1. The average molecular weight is 429 g/mol. The van der Waals surface area contributed by atoms with Crippen molar-refractivity contribution < 1.29 is 13.2 Å². The second kappa shape index (κ2) is 9.71. The van der Waals surface area contributed by atoms with Gasteiger partial charge in [0.15, 0.2) is 0 Å². The standard InChI is InChI=1S/C19H28N4O3S.ClH/c1-2-3-7-16(19(24)23-11-9-14(13-20)10-12-23)21-18-15-6-4-5-8-17(15)27(25,26)22-18;/h4-6,8,14,16H,2-3,7,9-13,20H2,1H3,(H,21,22);1H. The molecule has 0 saturated carbocycles. The van der Waals surface area contributed by atoms with Crippen LogP contribution in [0.25, 0.3) is 0 Å². The first kappa shape index (κ1) is 22.6. The molecular weight excluding hydrogens is 400 g/mol. The molecule has 7 nitrogen and oxygen atoms in total. The Balaban J connectivity index is 0.00000280. The molecule has 9 heteroatoms. The molecule has 2 aliphatic heterocycles. The van der Waals surface area contributed by atoms with Crippen LogP contribution in [0.2, 0.25) is 0 Å². The molecule has 28 heavy (non-hydrogen) atoms. The number of benzene rings is 1. The lowest BCUT2D eigenvalue weighted by Gasteiger charge is -2.33. The number of amidine groups is 1.